The number of hydrogen-bond donors (Lipinski definition) is 0. The third-order valence-electron chi connectivity index (χ3n) is 4.62. The summed E-state index contributed by atoms with van der Waals surface area (Å²) in [5, 5.41) is 0. The van der Waals surface area contributed by atoms with Gasteiger partial charge in [-0.05, 0) is 30.5 Å². The molecule has 0 spiro atoms. The number of esters is 1. The summed E-state index contributed by atoms with van der Waals surface area (Å²) in [4.78, 5) is 11.6. The normalized spacial score (nSPS) is 15.6. The van der Waals surface area contributed by atoms with Gasteiger partial charge in [-0.3, -0.25) is 4.79 Å². The van der Waals surface area contributed by atoms with Crippen molar-refractivity contribution in [2.75, 3.05) is 7.11 Å². The van der Waals surface area contributed by atoms with Gasteiger partial charge in [-0.15, -0.1) is 0 Å². The van der Waals surface area contributed by atoms with Crippen molar-refractivity contribution < 1.29 is 23.7 Å². The van der Waals surface area contributed by atoms with E-state index in [-0.39, 0.29) is 5.97 Å². The summed E-state index contributed by atoms with van der Waals surface area (Å²) in [6.07, 6.45) is 4.47. The summed E-state index contributed by atoms with van der Waals surface area (Å²) in [5.41, 5.74) is 1.08. The third-order valence-corrected chi connectivity index (χ3v) is 4.62. The second-order valence-electron chi connectivity index (χ2n) is 6.75. The number of hydrogen-bond acceptors (Lipinski definition) is 5. The van der Waals surface area contributed by atoms with E-state index in [1.807, 2.05) is 42.5 Å². The van der Waals surface area contributed by atoms with Crippen LogP contribution in [0.1, 0.15) is 44.6 Å². The number of benzene rings is 2. The van der Waals surface area contributed by atoms with Gasteiger partial charge in [0.05, 0.1) is 7.11 Å². The second kappa shape index (κ2) is 8.80. The van der Waals surface area contributed by atoms with Crippen LogP contribution in [0, 0.1) is 0 Å². The van der Waals surface area contributed by atoms with Crippen molar-refractivity contribution in [1.29, 1.82) is 0 Å². The van der Waals surface area contributed by atoms with E-state index in [1.54, 1.807) is 13.2 Å². The van der Waals surface area contributed by atoms with Crippen LogP contribution in [0.5, 0.6) is 17.2 Å². The van der Waals surface area contributed by atoms with Gasteiger partial charge in [0.2, 0.25) is 0 Å². The monoisotopic (exact) mass is 370 g/mol. The van der Waals surface area contributed by atoms with Crippen LogP contribution in [0.4, 0.5) is 0 Å². The summed E-state index contributed by atoms with van der Waals surface area (Å²) < 4.78 is 23.0. The molecular weight excluding hydrogens is 344 g/mol. The molecule has 0 unspecified atom stereocenters. The maximum Gasteiger partial charge on any atom is 0.305 e. The molecule has 27 heavy (non-hydrogen) atoms. The van der Waals surface area contributed by atoms with Crippen molar-refractivity contribution in [3.05, 3.63) is 54.1 Å². The summed E-state index contributed by atoms with van der Waals surface area (Å²) >= 11 is 0. The fourth-order valence-corrected chi connectivity index (χ4v) is 3.36. The van der Waals surface area contributed by atoms with E-state index in [9.17, 15) is 4.79 Å². The molecule has 1 fully saturated rings. The molecule has 0 saturated heterocycles. The first-order valence-electron chi connectivity index (χ1n) is 9.34. The zero-order valence-electron chi connectivity index (χ0n) is 15.9. The maximum absolute atomic E-state index is 11.6. The number of methoxy groups -OCH3 is 1. The van der Waals surface area contributed by atoms with Crippen LogP contribution in [0.15, 0.2) is 48.5 Å². The highest BCUT2D eigenvalue weighted by Crippen LogP contribution is 2.38. The number of rotatable bonds is 7. The Morgan fingerprint density at radius 2 is 1.74 bits per heavy atom. The minimum Gasteiger partial charge on any atom is -0.493 e. The highest BCUT2D eigenvalue weighted by atomic mass is 16.7. The Hall–Kier alpha value is -2.69. The predicted molar refractivity (Wildman–Crippen MR) is 102 cm³/mol. The minimum atomic E-state index is -0.887. The molecule has 1 aliphatic rings. The van der Waals surface area contributed by atoms with Crippen LogP contribution in [0.3, 0.4) is 0 Å². The Labute approximate surface area is 160 Å². The molecule has 0 atom stereocenters. The topological polar surface area (TPSA) is 54.0 Å². The molecule has 0 aliphatic heterocycles. The van der Waals surface area contributed by atoms with Gasteiger partial charge in [0.1, 0.15) is 12.4 Å². The molecule has 0 bridgehead atoms. The van der Waals surface area contributed by atoms with Crippen LogP contribution in [0.25, 0.3) is 0 Å². The van der Waals surface area contributed by atoms with Gasteiger partial charge in [-0.25, -0.2) is 0 Å². The van der Waals surface area contributed by atoms with E-state index in [0.29, 0.717) is 36.7 Å². The van der Waals surface area contributed by atoms with Gasteiger partial charge in [0, 0.05) is 25.8 Å². The molecule has 0 amide bonds. The van der Waals surface area contributed by atoms with Crippen molar-refractivity contribution in [2.45, 2.75) is 51.4 Å². The molecular formula is C22H26O5. The lowest BCUT2D eigenvalue weighted by Crippen LogP contribution is -2.42. The summed E-state index contributed by atoms with van der Waals surface area (Å²) in [6, 6.07) is 15.4. The van der Waals surface area contributed by atoms with Gasteiger partial charge < -0.3 is 18.9 Å². The average molecular weight is 370 g/mol. The van der Waals surface area contributed by atoms with E-state index < -0.39 is 5.79 Å². The van der Waals surface area contributed by atoms with Crippen molar-refractivity contribution in [3.63, 3.8) is 0 Å². The summed E-state index contributed by atoms with van der Waals surface area (Å²) in [5.74, 6) is 0.603. The van der Waals surface area contributed by atoms with Gasteiger partial charge in [0.25, 0.3) is 5.79 Å². The molecule has 0 N–H and O–H groups in total. The lowest BCUT2D eigenvalue weighted by atomic mass is 9.94. The van der Waals surface area contributed by atoms with Gasteiger partial charge in [-0.2, -0.15) is 0 Å². The van der Waals surface area contributed by atoms with Crippen LogP contribution in [0.2, 0.25) is 0 Å². The van der Waals surface area contributed by atoms with Crippen molar-refractivity contribution in [1.82, 2.24) is 0 Å². The van der Waals surface area contributed by atoms with Crippen LogP contribution in [-0.4, -0.2) is 18.9 Å². The van der Waals surface area contributed by atoms with Crippen molar-refractivity contribution in [2.24, 2.45) is 0 Å². The van der Waals surface area contributed by atoms with Crippen LogP contribution >= 0.6 is 0 Å². The van der Waals surface area contributed by atoms with E-state index in [2.05, 4.69) is 0 Å². The molecule has 0 heterocycles. The summed E-state index contributed by atoms with van der Waals surface area (Å²) in [7, 11) is 1.59. The Kier molecular flexibility index (Phi) is 6.22. The van der Waals surface area contributed by atoms with Crippen LogP contribution < -0.4 is 14.2 Å². The van der Waals surface area contributed by atoms with Gasteiger partial charge in [0.15, 0.2) is 11.5 Å². The lowest BCUT2D eigenvalue weighted by Gasteiger charge is -2.36. The van der Waals surface area contributed by atoms with Gasteiger partial charge >= 0.3 is 5.97 Å². The summed E-state index contributed by atoms with van der Waals surface area (Å²) in [6.45, 7) is 1.87. The molecule has 144 valence electrons. The fourth-order valence-electron chi connectivity index (χ4n) is 3.36. The molecule has 1 saturated carbocycles. The molecule has 2 aromatic rings. The largest absolute Gasteiger partial charge is 0.493 e. The Morgan fingerprint density at radius 3 is 2.41 bits per heavy atom. The third kappa shape index (κ3) is 5.16. The molecule has 5 nitrogen and oxygen atoms in total. The van der Waals surface area contributed by atoms with Gasteiger partial charge in [-0.1, -0.05) is 36.8 Å². The maximum atomic E-state index is 11.6. The molecule has 0 aromatic heterocycles. The van der Waals surface area contributed by atoms with E-state index in [1.165, 1.54) is 6.92 Å². The zero-order chi connectivity index (χ0) is 19.1. The number of ether oxygens (including phenoxy) is 4. The highest BCUT2D eigenvalue weighted by molar-refractivity contribution is 5.66. The Bertz CT molecular complexity index is 751. The second-order valence-corrected chi connectivity index (χ2v) is 6.75. The average Bonchev–Trinajstić information content (AvgIpc) is 2.67. The Morgan fingerprint density at radius 1 is 1.00 bits per heavy atom. The molecule has 1 aliphatic carbocycles. The fraction of sp³-hybridized carbons (Fsp3) is 0.409. The molecule has 5 heteroatoms. The van der Waals surface area contributed by atoms with Crippen molar-refractivity contribution in [3.8, 4) is 17.2 Å². The Balaban J connectivity index is 1.73. The van der Waals surface area contributed by atoms with Crippen molar-refractivity contribution >= 4 is 5.97 Å². The quantitative estimate of drug-likeness (QED) is 0.514. The molecule has 2 aromatic carbocycles. The highest BCUT2D eigenvalue weighted by Gasteiger charge is 2.37. The standard InChI is InChI=1S/C22H26O5/c1-17(23)26-22(13-7-4-8-14-22)27-19-11-12-20(21(15-19)24-2)25-16-18-9-5-3-6-10-18/h3,5-6,9-12,15H,4,7-8,13-14,16H2,1-2H3. The first kappa shape index (κ1) is 19.1. The smallest absolute Gasteiger partial charge is 0.305 e. The van der Waals surface area contributed by atoms with E-state index >= 15 is 0 Å². The first-order chi connectivity index (χ1) is 13.1. The van der Waals surface area contributed by atoms with Crippen LogP contribution in [-0.2, 0) is 16.1 Å². The number of carbonyl (C=O) groups excluding carboxylic acids is 1. The molecule has 0 radical (unpaired) electrons. The lowest BCUT2D eigenvalue weighted by molar-refractivity contribution is -0.206. The zero-order valence-corrected chi connectivity index (χ0v) is 15.9. The van der Waals surface area contributed by atoms with E-state index in [4.69, 9.17) is 18.9 Å². The number of carbonyl (C=O) groups is 1. The predicted octanol–water partition coefficient (Wildman–Crippen LogP) is 4.88. The first-order valence-corrected chi connectivity index (χ1v) is 9.34. The minimum absolute atomic E-state index is 0.327. The molecule has 3 rings (SSSR count). The van der Waals surface area contributed by atoms with E-state index in [0.717, 1.165) is 24.8 Å². The SMILES string of the molecule is COc1cc(OC2(OC(C)=O)CCCCC2)ccc1OCc1ccccc1.